The second-order valence-corrected chi connectivity index (χ2v) is 5.64. The zero-order chi connectivity index (χ0) is 13.0. The first-order chi connectivity index (χ1) is 8.65. The minimum Gasteiger partial charge on any atom is -0.493 e. The van der Waals surface area contributed by atoms with Gasteiger partial charge in [0.2, 0.25) is 0 Å². The van der Waals surface area contributed by atoms with Crippen molar-refractivity contribution in [3.05, 3.63) is 24.0 Å². The average Bonchev–Trinajstić information content (AvgIpc) is 2.36. The van der Waals surface area contributed by atoms with Crippen LogP contribution in [-0.2, 0) is 4.74 Å². The lowest BCUT2D eigenvalue weighted by molar-refractivity contribution is 0.115. The van der Waals surface area contributed by atoms with E-state index in [1.54, 1.807) is 0 Å². The zero-order valence-electron chi connectivity index (χ0n) is 11.9. The third kappa shape index (κ3) is 3.85. The summed E-state index contributed by atoms with van der Waals surface area (Å²) in [7, 11) is 2.19. The van der Waals surface area contributed by atoms with Crippen molar-refractivity contribution in [1.82, 2.24) is 9.80 Å². The molecule has 0 N–H and O–H groups in total. The molecule has 2 aliphatic rings. The lowest BCUT2D eigenvalue weighted by Gasteiger charge is -2.32. The lowest BCUT2D eigenvalue weighted by Crippen LogP contribution is -2.45. The highest BCUT2D eigenvalue weighted by atomic mass is 16.5. The second kappa shape index (κ2) is 6.39. The lowest BCUT2D eigenvalue weighted by atomic mass is 9.91. The molecule has 0 aromatic heterocycles. The fraction of sp³-hybridized carbons (Fsp3) is 0.733. The first-order valence-electron chi connectivity index (χ1n) is 7.09. The number of rotatable bonds is 4. The molecular formula is C15H26N2O. The monoisotopic (exact) mass is 250 g/mol. The molecule has 0 amide bonds. The Balaban J connectivity index is 1.67. The Morgan fingerprint density at radius 2 is 1.89 bits per heavy atom. The molecule has 0 bridgehead atoms. The number of hydrogen-bond donors (Lipinski definition) is 0. The highest BCUT2D eigenvalue weighted by Crippen LogP contribution is 2.22. The predicted octanol–water partition coefficient (Wildman–Crippen LogP) is 1.98. The van der Waals surface area contributed by atoms with Gasteiger partial charge < -0.3 is 9.64 Å². The Labute approximate surface area is 111 Å². The zero-order valence-corrected chi connectivity index (χ0v) is 11.9. The number of nitrogens with zero attached hydrogens (tertiary/aromatic N) is 2. The largest absolute Gasteiger partial charge is 0.493 e. The molecule has 0 aromatic carbocycles. The van der Waals surface area contributed by atoms with Crippen LogP contribution in [-0.4, -0.2) is 56.2 Å². The molecule has 1 fully saturated rings. The third-order valence-corrected chi connectivity index (χ3v) is 4.09. The van der Waals surface area contributed by atoms with Gasteiger partial charge in [0, 0.05) is 32.7 Å². The molecular weight excluding hydrogens is 224 g/mol. The average molecular weight is 250 g/mol. The minimum atomic E-state index is 0.591. The van der Waals surface area contributed by atoms with Gasteiger partial charge >= 0.3 is 0 Å². The summed E-state index contributed by atoms with van der Waals surface area (Å²) in [6, 6.07) is 0. The van der Waals surface area contributed by atoms with E-state index in [1.165, 1.54) is 26.2 Å². The molecule has 0 spiro atoms. The molecule has 1 heterocycles. The maximum absolute atomic E-state index is 5.85. The molecule has 1 saturated heterocycles. The number of allylic oxidation sites excluding steroid dienone is 3. The van der Waals surface area contributed by atoms with E-state index < -0.39 is 0 Å². The molecule has 1 aliphatic carbocycles. The third-order valence-electron chi connectivity index (χ3n) is 4.09. The van der Waals surface area contributed by atoms with Gasteiger partial charge in [0.25, 0.3) is 0 Å². The van der Waals surface area contributed by atoms with Crippen LogP contribution in [0.3, 0.4) is 0 Å². The van der Waals surface area contributed by atoms with Gasteiger partial charge in [-0.1, -0.05) is 19.9 Å². The fourth-order valence-electron chi connectivity index (χ4n) is 2.35. The van der Waals surface area contributed by atoms with Crippen molar-refractivity contribution in [3.8, 4) is 0 Å². The Hall–Kier alpha value is -0.800. The van der Waals surface area contributed by atoms with E-state index in [0.29, 0.717) is 11.8 Å². The van der Waals surface area contributed by atoms with Crippen molar-refractivity contribution in [3.63, 3.8) is 0 Å². The normalized spacial score (nSPS) is 30.3. The first-order valence-corrected chi connectivity index (χ1v) is 7.09. The summed E-state index contributed by atoms with van der Waals surface area (Å²) >= 11 is 0. The summed E-state index contributed by atoms with van der Waals surface area (Å²) in [4.78, 5) is 4.87. The molecule has 0 unspecified atom stereocenters. The van der Waals surface area contributed by atoms with E-state index in [1.807, 2.05) is 0 Å². The summed E-state index contributed by atoms with van der Waals surface area (Å²) in [6.07, 6.45) is 6.61. The van der Waals surface area contributed by atoms with E-state index in [0.717, 1.165) is 18.9 Å². The highest BCUT2D eigenvalue weighted by molar-refractivity contribution is 5.19. The summed E-state index contributed by atoms with van der Waals surface area (Å²) in [5, 5.41) is 0. The molecule has 2 atom stereocenters. The predicted molar refractivity (Wildman–Crippen MR) is 75.4 cm³/mol. The van der Waals surface area contributed by atoms with Gasteiger partial charge in [0.15, 0.2) is 0 Å². The highest BCUT2D eigenvalue weighted by Gasteiger charge is 2.15. The van der Waals surface area contributed by atoms with Crippen molar-refractivity contribution in [1.29, 1.82) is 0 Å². The number of hydrogen-bond acceptors (Lipinski definition) is 3. The summed E-state index contributed by atoms with van der Waals surface area (Å²) in [6.45, 7) is 11.0. The van der Waals surface area contributed by atoms with E-state index in [2.05, 4.69) is 48.9 Å². The van der Waals surface area contributed by atoms with Crippen molar-refractivity contribution in [2.45, 2.75) is 13.8 Å². The summed E-state index contributed by atoms with van der Waals surface area (Å²) in [5.41, 5.74) is 0. The molecule has 1 aliphatic heterocycles. The van der Waals surface area contributed by atoms with Gasteiger partial charge in [-0.05, 0) is 31.0 Å². The van der Waals surface area contributed by atoms with Gasteiger partial charge in [-0.3, -0.25) is 4.90 Å². The van der Waals surface area contributed by atoms with Crippen LogP contribution < -0.4 is 0 Å². The Kier molecular flexibility index (Phi) is 4.84. The van der Waals surface area contributed by atoms with Crippen LogP contribution >= 0.6 is 0 Å². The van der Waals surface area contributed by atoms with Crippen molar-refractivity contribution in [2.75, 3.05) is 46.4 Å². The summed E-state index contributed by atoms with van der Waals surface area (Å²) < 4.78 is 5.85. The van der Waals surface area contributed by atoms with Gasteiger partial charge in [-0.25, -0.2) is 0 Å². The number of piperazine rings is 1. The van der Waals surface area contributed by atoms with Crippen LogP contribution in [0.2, 0.25) is 0 Å². The van der Waals surface area contributed by atoms with Gasteiger partial charge in [0.1, 0.15) is 12.4 Å². The van der Waals surface area contributed by atoms with Crippen LogP contribution in [0.4, 0.5) is 0 Å². The maximum atomic E-state index is 5.85. The molecule has 0 saturated carbocycles. The van der Waals surface area contributed by atoms with Crippen molar-refractivity contribution in [2.24, 2.45) is 11.8 Å². The Morgan fingerprint density at radius 1 is 1.17 bits per heavy atom. The smallest absolute Gasteiger partial charge is 0.115 e. The van der Waals surface area contributed by atoms with E-state index in [9.17, 15) is 0 Å². The van der Waals surface area contributed by atoms with E-state index in [4.69, 9.17) is 4.74 Å². The van der Waals surface area contributed by atoms with Crippen molar-refractivity contribution < 1.29 is 4.74 Å². The quantitative estimate of drug-likeness (QED) is 0.759. The van der Waals surface area contributed by atoms with Crippen LogP contribution in [0.1, 0.15) is 13.8 Å². The maximum Gasteiger partial charge on any atom is 0.115 e. The topological polar surface area (TPSA) is 15.7 Å². The Bertz CT molecular complexity index is 316. The van der Waals surface area contributed by atoms with Crippen molar-refractivity contribution >= 4 is 0 Å². The number of likely N-dealkylation sites (N-methyl/N-ethyl adjacent to an activating group) is 1. The Morgan fingerprint density at radius 3 is 2.56 bits per heavy atom. The minimum absolute atomic E-state index is 0.591. The van der Waals surface area contributed by atoms with E-state index in [-0.39, 0.29) is 0 Å². The van der Waals surface area contributed by atoms with Gasteiger partial charge in [-0.2, -0.15) is 0 Å². The standard InChI is InChI=1S/C15H26N2O/c1-13-4-5-15(12-14(13)2)18-11-10-17-8-6-16(3)7-9-17/h4-5,12-14H,6-11H2,1-3H3/t13-,14+/m0/s1. The molecule has 2 rings (SSSR count). The molecule has 102 valence electrons. The van der Waals surface area contributed by atoms with Crippen LogP contribution in [0.15, 0.2) is 24.0 Å². The molecule has 3 nitrogen and oxygen atoms in total. The second-order valence-electron chi connectivity index (χ2n) is 5.64. The first kappa shape index (κ1) is 13.6. The van der Waals surface area contributed by atoms with Crippen LogP contribution in [0.5, 0.6) is 0 Å². The molecule has 18 heavy (non-hydrogen) atoms. The van der Waals surface area contributed by atoms with Gasteiger partial charge in [-0.15, -0.1) is 0 Å². The molecule has 3 heteroatoms. The van der Waals surface area contributed by atoms with Gasteiger partial charge in [0.05, 0.1) is 0 Å². The number of ether oxygens (including phenoxy) is 1. The van der Waals surface area contributed by atoms with Crippen LogP contribution in [0, 0.1) is 11.8 Å². The van der Waals surface area contributed by atoms with Crippen LogP contribution in [0.25, 0.3) is 0 Å². The summed E-state index contributed by atoms with van der Waals surface area (Å²) in [5.74, 6) is 2.28. The molecule has 0 radical (unpaired) electrons. The van der Waals surface area contributed by atoms with E-state index >= 15 is 0 Å². The fourth-order valence-corrected chi connectivity index (χ4v) is 2.35. The SMILES string of the molecule is C[C@@H]1C=C(OCCN2CCN(C)CC2)C=C[C@@H]1C. The molecule has 0 aromatic rings.